The number of non-ortho nitro benzene ring substituents is 1. The molecule has 1 heterocycles. The first-order valence-corrected chi connectivity index (χ1v) is 11.3. The van der Waals surface area contributed by atoms with Gasteiger partial charge in [0.15, 0.2) is 0 Å². The molecule has 174 valence electrons. The monoisotopic (exact) mass is 457 g/mol. The predicted octanol–water partition coefficient (Wildman–Crippen LogP) is 5.76. The highest BCUT2D eigenvalue weighted by atomic mass is 16.6. The van der Waals surface area contributed by atoms with Crippen molar-refractivity contribution in [3.8, 4) is 0 Å². The van der Waals surface area contributed by atoms with Crippen molar-refractivity contribution in [3.63, 3.8) is 0 Å². The number of nitrogens with zero attached hydrogens (tertiary/aromatic N) is 3. The Kier molecular flexibility index (Phi) is 6.45. The van der Waals surface area contributed by atoms with Crippen molar-refractivity contribution in [2.75, 3.05) is 9.80 Å². The summed E-state index contributed by atoms with van der Waals surface area (Å²) in [5.41, 5.74) is 2.71. The van der Waals surface area contributed by atoms with Gasteiger partial charge in [0.2, 0.25) is 5.91 Å². The molecule has 1 aliphatic heterocycles. The minimum atomic E-state index is -0.458. The lowest BCUT2D eigenvalue weighted by molar-refractivity contribution is -0.384. The maximum Gasteiger partial charge on any atom is 0.269 e. The molecule has 0 N–H and O–H groups in total. The van der Waals surface area contributed by atoms with Crippen LogP contribution in [0.3, 0.4) is 0 Å². The molecule has 0 fully saturated rings. The number of carbonyl (C=O) groups excluding carboxylic acids is 2. The molecular weight excluding hydrogens is 430 g/mol. The normalized spacial score (nSPS) is 17.2. The number of anilines is 2. The lowest BCUT2D eigenvalue weighted by Gasteiger charge is -2.44. The number of hydrogen-bond acceptors (Lipinski definition) is 4. The van der Waals surface area contributed by atoms with Gasteiger partial charge in [0.1, 0.15) is 0 Å². The standard InChI is InChI=1S/C27H27N3O4/c1-18(2)26(31)28-19(3)17-25(23-11-7-8-12-24(23)28)29(27(32)20-9-5-4-6-10-20)21-13-15-22(16-14-21)30(33)34/h4-16,18-19,25H,17H2,1-3H3/t19-,25+/m0/s1. The molecule has 0 radical (unpaired) electrons. The molecule has 2 amide bonds. The fourth-order valence-corrected chi connectivity index (χ4v) is 4.53. The summed E-state index contributed by atoms with van der Waals surface area (Å²) in [5.74, 6) is -0.330. The van der Waals surface area contributed by atoms with Crippen LogP contribution in [-0.2, 0) is 4.79 Å². The van der Waals surface area contributed by atoms with Crippen LogP contribution >= 0.6 is 0 Å². The summed E-state index contributed by atoms with van der Waals surface area (Å²) in [7, 11) is 0. The van der Waals surface area contributed by atoms with Gasteiger partial charge in [-0.1, -0.05) is 50.2 Å². The molecule has 4 rings (SSSR count). The molecule has 7 nitrogen and oxygen atoms in total. The maximum absolute atomic E-state index is 13.8. The second-order valence-electron chi connectivity index (χ2n) is 8.84. The number of benzene rings is 3. The number of nitro groups is 1. The van der Waals surface area contributed by atoms with Gasteiger partial charge in [-0.15, -0.1) is 0 Å². The van der Waals surface area contributed by atoms with Crippen molar-refractivity contribution in [2.45, 2.75) is 39.3 Å². The Balaban J connectivity index is 1.85. The van der Waals surface area contributed by atoms with Crippen LogP contribution in [0.25, 0.3) is 0 Å². The topological polar surface area (TPSA) is 83.8 Å². The van der Waals surface area contributed by atoms with E-state index >= 15 is 0 Å². The number of rotatable bonds is 5. The highest BCUT2D eigenvalue weighted by molar-refractivity contribution is 6.07. The Labute approximate surface area is 198 Å². The average molecular weight is 458 g/mol. The Morgan fingerprint density at radius 2 is 1.59 bits per heavy atom. The summed E-state index contributed by atoms with van der Waals surface area (Å²) in [6.07, 6.45) is 0.533. The van der Waals surface area contributed by atoms with Crippen LogP contribution in [0.15, 0.2) is 78.9 Å². The molecule has 0 aromatic heterocycles. The van der Waals surface area contributed by atoms with Crippen LogP contribution in [0.2, 0.25) is 0 Å². The van der Waals surface area contributed by atoms with Crippen molar-refractivity contribution in [1.29, 1.82) is 0 Å². The SMILES string of the molecule is CC(C)C(=O)N1c2ccccc2[C@H](N(C(=O)c2ccccc2)c2ccc([N+](=O)[O-])cc2)C[C@@H]1C. The van der Waals surface area contributed by atoms with Gasteiger partial charge in [0, 0.05) is 41.0 Å². The zero-order valence-corrected chi connectivity index (χ0v) is 19.4. The van der Waals surface area contributed by atoms with Crippen LogP contribution in [-0.4, -0.2) is 22.8 Å². The quantitative estimate of drug-likeness (QED) is 0.360. The Hall–Kier alpha value is -4.00. The second kappa shape index (κ2) is 9.47. The van der Waals surface area contributed by atoms with E-state index in [-0.39, 0.29) is 35.5 Å². The molecule has 0 saturated carbocycles. The summed E-state index contributed by atoms with van der Waals surface area (Å²) in [6, 6.07) is 22.2. The summed E-state index contributed by atoms with van der Waals surface area (Å²) in [6.45, 7) is 5.75. The average Bonchev–Trinajstić information content (AvgIpc) is 2.84. The van der Waals surface area contributed by atoms with Crippen LogP contribution in [0, 0.1) is 16.0 Å². The smallest absolute Gasteiger partial charge is 0.269 e. The van der Waals surface area contributed by atoms with Gasteiger partial charge in [0.25, 0.3) is 11.6 Å². The molecule has 1 aliphatic rings. The highest BCUT2D eigenvalue weighted by Crippen LogP contribution is 2.43. The third-order valence-corrected chi connectivity index (χ3v) is 6.18. The molecule has 2 atom stereocenters. The largest absolute Gasteiger partial charge is 0.309 e. The van der Waals surface area contributed by atoms with E-state index in [1.807, 2.05) is 68.1 Å². The summed E-state index contributed by atoms with van der Waals surface area (Å²) in [5, 5.41) is 11.2. The van der Waals surface area contributed by atoms with Crippen molar-refractivity contribution in [2.24, 2.45) is 5.92 Å². The predicted molar refractivity (Wildman–Crippen MR) is 132 cm³/mol. The molecular formula is C27H27N3O4. The summed E-state index contributed by atoms with van der Waals surface area (Å²) >= 11 is 0. The molecule has 3 aromatic carbocycles. The van der Waals surface area contributed by atoms with E-state index in [0.29, 0.717) is 17.7 Å². The number of para-hydroxylation sites is 1. The van der Waals surface area contributed by atoms with Crippen molar-refractivity contribution >= 4 is 28.9 Å². The fraction of sp³-hybridized carbons (Fsp3) is 0.259. The van der Waals surface area contributed by atoms with Gasteiger partial charge in [0.05, 0.1) is 11.0 Å². The molecule has 34 heavy (non-hydrogen) atoms. The number of nitro benzene ring substituents is 1. The van der Waals surface area contributed by atoms with E-state index in [1.54, 1.807) is 29.2 Å². The first kappa shape index (κ1) is 23.2. The third kappa shape index (κ3) is 4.29. The lowest BCUT2D eigenvalue weighted by Crippen LogP contribution is -2.49. The van der Waals surface area contributed by atoms with E-state index in [9.17, 15) is 19.7 Å². The van der Waals surface area contributed by atoms with Gasteiger partial charge in [-0.2, -0.15) is 0 Å². The van der Waals surface area contributed by atoms with Gasteiger partial charge in [-0.05, 0) is 49.2 Å². The fourth-order valence-electron chi connectivity index (χ4n) is 4.53. The Morgan fingerprint density at radius 3 is 2.21 bits per heavy atom. The first-order valence-electron chi connectivity index (χ1n) is 11.3. The highest BCUT2D eigenvalue weighted by Gasteiger charge is 2.39. The molecule has 7 heteroatoms. The molecule has 3 aromatic rings. The van der Waals surface area contributed by atoms with Crippen LogP contribution in [0.5, 0.6) is 0 Å². The minimum absolute atomic E-state index is 0.0367. The van der Waals surface area contributed by atoms with Crippen molar-refractivity contribution in [3.05, 3.63) is 100 Å². The van der Waals surface area contributed by atoms with Crippen LogP contribution < -0.4 is 9.80 Å². The van der Waals surface area contributed by atoms with Gasteiger partial charge in [-0.3, -0.25) is 19.7 Å². The Bertz CT molecular complexity index is 1210. The second-order valence-corrected chi connectivity index (χ2v) is 8.84. The molecule has 0 unspecified atom stereocenters. The molecule has 0 saturated heterocycles. The first-order chi connectivity index (χ1) is 16.3. The lowest BCUT2D eigenvalue weighted by atomic mass is 9.88. The number of amides is 2. The van der Waals surface area contributed by atoms with Crippen molar-refractivity contribution in [1.82, 2.24) is 0 Å². The minimum Gasteiger partial charge on any atom is -0.309 e. The van der Waals surface area contributed by atoms with Gasteiger partial charge >= 0.3 is 0 Å². The van der Waals surface area contributed by atoms with Gasteiger partial charge in [-0.25, -0.2) is 0 Å². The van der Waals surface area contributed by atoms with E-state index < -0.39 is 4.92 Å². The molecule has 0 bridgehead atoms. The Morgan fingerprint density at radius 1 is 0.971 bits per heavy atom. The van der Waals surface area contributed by atoms with E-state index in [2.05, 4.69) is 0 Å². The van der Waals surface area contributed by atoms with E-state index in [0.717, 1.165) is 11.3 Å². The van der Waals surface area contributed by atoms with E-state index in [1.165, 1.54) is 12.1 Å². The van der Waals surface area contributed by atoms with Gasteiger partial charge < -0.3 is 9.80 Å². The summed E-state index contributed by atoms with van der Waals surface area (Å²) < 4.78 is 0. The number of hydrogen-bond donors (Lipinski definition) is 0. The number of fused-ring (bicyclic) bond motifs is 1. The van der Waals surface area contributed by atoms with E-state index in [4.69, 9.17) is 0 Å². The van der Waals surface area contributed by atoms with Crippen molar-refractivity contribution < 1.29 is 14.5 Å². The molecule has 0 spiro atoms. The third-order valence-electron chi connectivity index (χ3n) is 6.18. The van der Waals surface area contributed by atoms with Crippen LogP contribution in [0.4, 0.5) is 17.1 Å². The van der Waals surface area contributed by atoms with Crippen LogP contribution in [0.1, 0.15) is 49.2 Å². The zero-order chi connectivity index (χ0) is 24.4. The molecule has 0 aliphatic carbocycles. The summed E-state index contributed by atoms with van der Waals surface area (Å²) in [4.78, 5) is 41.1. The maximum atomic E-state index is 13.8. The number of carbonyl (C=O) groups is 2. The zero-order valence-electron chi connectivity index (χ0n) is 19.4.